The highest BCUT2D eigenvalue weighted by Crippen LogP contribution is 2.26. The Balaban J connectivity index is 2.38. The molecule has 1 aromatic heterocycles. The first-order chi connectivity index (χ1) is 9.31. The molecular weight excluding hydrogens is 332 g/mol. The summed E-state index contributed by atoms with van der Waals surface area (Å²) in [5.74, 6) is -1.28. The molecule has 106 valence electrons. The molecule has 20 heavy (non-hydrogen) atoms. The molecule has 0 radical (unpaired) electrons. The topological polar surface area (TPSA) is 42.2 Å². The van der Waals surface area contributed by atoms with E-state index in [9.17, 15) is 13.6 Å². The second-order valence-corrected chi connectivity index (χ2v) is 5.33. The van der Waals surface area contributed by atoms with Gasteiger partial charge in [-0.3, -0.25) is 4.79 Å². The van der Waals surface area contributed by atoms with Crippen LogP contribution in [0.5, 0.6) is 0 Å². The summed E-state index contributed by atoms with van der Waals surface area (Å²) in [7, 11) is 0. The average Bonchev–Trinajstić information content (AvgIpc) is 2.58. The Morgan fingerprint density at radius 1 is 1.15 bits per heavy atom. The zero-order valence-corrected chi connectivity index (χ0v) is 12.7. The van der Waals surface area contributed by atoms with E-state index in [4.69, 9.17) is 4.42 Å². The minimum atomic E-state index is -0.847. The summed E-state index contributed by atoms with van der Waals surface area (Å²) in [6.07, 6.45) is 0. The van der Waals surface area contributed by atoms with Crippen molar-refractivity contribution in [1.29, 1.82) is 0 Å². The fraction of sp³-hybridized carbons (Fsp3) is 0.214. The van der Waals surface area contributed by atoms with Crippen LogP contribution in [0.1, 0.15) is 27.4 Å². The predicted molar refractivity (Wildman–Crippen MR) is 74.9 cm³/mol. The number of hydrogen-bond acceptors (Lipinski definition) is 2. The summed E-state index contributed by atoms with van der Waals surface area (Å²) in [5.41, 5.74) is 0.470. The van der Waals surface area contributed by atoms with Crippen LogP contribution in [0.15, 0.2) is 21.0 Å². The van der Waals surface area contributed by atoms with Crippen molar-refractivity contribution in [1.82, 2.24) is 0 Å². The van der Waals surface area contributed by atoms with Gasteiger partial charge in [0.15, 0.2) is 11.6 Å². The maximum Gasteiger partial charge on any atom is 0.259 e. The molecule has 0 aliphatic heterocycles. The smallest absolute Gasteiger partial charge is 0.259 e. The van der Waals surface area contributed by atoms with Gasteiger partial charge in [0.05, 0.1) is 5.56 Å². The number of furan rings is 1. The van der Waals surface area contributed by atoms with Crippen molar-refractivity contribution >= 4 is 27.5 Å². The van der Waals surface area contributed by atoms with Crippen LogP contribution < -0.4 is 5.32 Å². The van der Waals surface area contributed by atoms with E-state index in [0.29, 0.717) is 22.6 Å². The summed E-state index contributed by atoms with van der Waals surface area (Å²) in [6, 6.07) is 2.16. The molecule has 0 aliphatic rings. The van der Waals surface area contributed by atoms with E-state index in [-0.39, 0.29) is 4.47 Å². The van der Waals surface area contributed by atoms with Gasteiger partial charge in [0.25, 0.3) is 5.91 Å². The van der Waals surface area contributed by atoms with E-state index in [1.807, 2.05) is 0 Å². The number of rotatable bonds is 2. The van der Waals surface area contributed by atoms with Gasteiger partial charge >= 0.3 is 0 Å². The SMILES string of the molecule is Cc1oc(C)c(C(=O)Nc2c(F)cc(Br)cc2F)c1C. The van der Waals surface area contributed by atoms with Crippen molar-refractivity contribution < 1.29 is 18.0 Å². The van der Waals surface area contributed by atoms with Gasteiger partial charge in [-0.15, -0.1) is 0 Å². The number of carbonyl (C=O) groups is 1. The van der Waals surface area contributed by atoms with Crippen LogP contribution in [0, 0.1) is 32.4 Å². The molecule has 0 bridgehead atoms. The normalized spacial score (nSPS) is 10.7. The lowest BCUT2D eigenvalue weighted by Gasteiger charge is -2.08. The number of nitrogens with one attached hydrogen (secondary N) is 1. The second-order valence-electron chi connectivity index (χ2n) is 4.41. The Hall–Kier alpha value is -1.69. The first kappa shape index (κ1) is 14.7. The third-order valence-electron chi connectivity index (χ3n) is 3.03. The van der Waals surface area contributed by atoms with Gasteiger partial charge in [0.2, 0.25) is 0 Å². The first-order valence-corrected chi connectivity index (χ1v) is 6.63. The van der Waals surface area contributed by atoms with E-state index >= 15 is 0 Å². The van der Waals surface area contributed by atoms with E-state index < -0.39 is 23.2 Å². The van der Waals surface area contributed by atoms with Crippen molar-refractivity contribution in [3.05, 3.63) is 50.9 Å². The molecular formula is C14H12BrF2NO2. The Labute approximate surface area is 123 Å². The minimum absolute atomic E-state index is 0.261. The highest BCUT2D eigenvalue weighted by atomic mass is 79.9. The fourth-order valence-electron chi connectivity index (χ4n) is 1.97. The molecule has 1 N–H and O–H groups in total. The Bertz CT molecular complexity index is 672. The van der Waals surface area contributed by atoms with Crippen LogP contribution in [0.4, 0.5) is 14.5 Å². The summed E-state index contributed by atoms with van der Waals surface area (Å²) < 4.78 is 33.0. The lowest BCUT2D eigenvalue weighted by atomic mass is 10.1. The van der Waals surface area contributed by atoms with Crippen LogP contribution in [0.2, 0.25) is 0 Å². The third-order valence-corrected chi connectivity index (χ3v) is 3.49. The molecule has 1 amide bonds. The molecule has 3 nitrogen and oxygen atoms in total. The highest BCUT2D eigenvalue weighted by Gasteiger charge is 2.21. The summed E-state index contributed by atoms with van der Waals surface area (Å²) >= 11 is 2.98. The Kier molecular flexibility index (Phi) is 3.94. The zero-order valence-electron chi connectivity index (χ0n) is 11.1. The summed E-state index contributed by atoms with van der Waals surface area (Å²) in [5, 5.41) is 2.25. The predicted octanol–water partition coefficient (Wildman–Crippen LogP) is 4.50. The molecule has 6 heteroatoms. The summed E-state index contributed by atoms with van der Waals surface area (Å²) in [6.45, 7) is 5.07. The lowest BCUT2D eigenvalue weighted by molar-refractivity contribution is 0.102. The summed E-state index contributed by atoms with van der Waals surface area (Å²) in [4.78, 5) is 12.1. The fourth-order valence-corrected chi connectivity index (χ4v) is 2.37. The van der Waals surface area contributed by atoms with Crippen molar-refractivity contribution in [2.75, 3.05) is 5.32 Å². The van der Waals surface area contributed by atoms with Crippen LogP contribution >= 0.6 is 15.9 Å². The standard InChI is InChI=1S/C14H12BrF2NO2/c1-6-7(2)20-8(3)12(6)14(19)18-13-10(16)4-9(15)5-11(13)17/h4-5H,1-3H3,(H,18,19). The zero-order chi connectivity index (χ0) is 15.0. The maximum absolute atomic E-state index is 13.7. The van der Waals surface area contributed by atoms with E-state index in [2.05, 4.69) is 21.2 Å². The monoisotopic (exact) mass is 343 g/mol. The molecule has 1 aromatic carbocycles. The molecule has 0 fully saturated rings. The van der Waals surface area contributed by atoms with E-state index in [0.717, 1.165) is 12.1 Å². The largest absolute Gasteiger partial charge is 0.466 e. The molecule has 0 saturated carbocycles. The second kappa shape index (κ2) is 5.36. The van der Waals surface area contributed by atoms with Gasteiger partial charge in [0, 0.05) is 10.0 Å². The van der Waals surface area contributed by atoms with Crippen molar-refractivity contribution in [3.63, 3.8) is 0 Å². The molecule has 2 rings (SSSR count). The highest BCUT2D eigenvalue weighted by molar-refractivity contribution is 9.10. The van der Waals surface area contributed by atoms with Gasteiger partial charge in [-0.05, 0) is 32.9 Å². The van der Waals surface area contributed by atoms with Crippen molar-refractivity contribution in [2.24, 2.45) is 0 Å². The van der Waals surface area contributed by atoms with Gasteiger partial charge < -0.3 is 9.73 Å². The number of hydrogen-bond donors (Lipinski definition) is 1. The van der Waals surface area contributed by atoms with Gasteiger partial charge in [-0.1, -0.05) is 15.9 Å². The van der Waals surface area contributed by atoms with Gasteiger partial charge in [-0.25, -0.2) is 8.78 Å². The minimum Gasteiger partial charge on any atom is -0.466 e. The average molecular weight is 344 g/mol. The number of carbonyl (C=O) groups excluding carboxylic acids is 1. The van der Waals surface area contributed by atoms with E-state index in [1.165, 1.54) is 0 Å². The quantitative estimate of drug-likeness (QED) is 0.872. The van der Waals surface area contributed by atoms with Crippen LogP contribution in [0.3, 0.4) is 0 Å². The number of benzene rings is 1. The van der Waals surface area contributed by atoms with Crippen molar-refractivity contribution in [3.8, 4) is 0 Å². The molecule has 0 spiro atoms. The Morgan fingerprint density at radius 2 is 1.70 bits per heavy atom. The third kappa shape index (κ3) is 2.60. The first-order valence-electron chi connectivity index (χ1n) is 5.83. The molecule has 0 unspecified atom stereocenters. The van der Waals surface area contributed by atoms with Crippen LogP contribution in [-0.2, 0) is 0 Å². The maximum atomic E-state index is 13.7. The van der Waals surface area contributed by atoms with Gasteiger partial charge in [-0.2, -0.15) is 0 Å². The Morgan fingerprint density at radius 3 is 2.15 bits per heavy atom. The van der Waals surface area contributed by atoms with Crippen molar-refractivity contribution in [2.45, 2.75) is 20.8 Å². The number of amides is 1. The number of aryl methyl sites for hydroxylation is 2. The number of anilines is 1. The molecule has 1 heterocycles. The van der Waals surface area contributed by atoms with Gasteiger partial charge in [0.1, 0.15) is 17.2 Å². The lowest BCUT2D eigenvalue weighted by Crippen LogP contribution is -2.15. The van der Waals surface area contributed by atoms with E-state index in [1.54, 1.807) is 20.8 Å². The van der Waals surface area contributed by atoms with Crippen LogP contribution in [0.25, 0.3) is 0 Å². The molecule has 2 aromatic rings. The molecule has 0 atom stereocenters. The number of halogens is 3. The molecule has 0 aliphatic carbocycles. The van der Waals surface area contributed by atoms with Crippen LogP contribution in [-0.4, -0.2) is 5.91 Å². The molecule has 0 saturated heterocycles.